The largest absolute Gasteiger partial charge is 0.410 e. The molecule has 0 N–H and O–H groups in total. The summed E-state index contributed by atoms with van der Waals surface area (Å²) in [6, 6.07) is 17.7. The van der Waals surface area contributed by atoms with Crippen LogP contribution < -0.4 is 0 Å². The quantitative estimate of drug-likeness (QED) is 0.470. The van der Waals surface area contributed by atoms with Gasteiger partial charge in [0.25, 0.3) is 0 Å². The monoisotopic (exact) mass is 334 g/mol. The Bertz CT molecular complexity index is 815. The molecule has 25 heavy (non-hydrogen) atoms. The van der Waals surface area contributed by atoms with Crippen LogP contribution in [0.15, 0.2) is 86.0 Å². The average Bonchev–Trinajstić information content (AvgIpc) is 3.17. The van der Waals surface area contributed by atoms with Crippen LogP contribution in [0, 0.1) is 0 Å². The maximum absolute atomic E-state index is 4.08. The summed E-state index contributed by atoms with van der Waals surface area (Å²) in [6.07, 6.45) is 15.8. The summed E-state index contributed by atoms with van der Waals surface area (Å²) < 4.78 is 0.284. The molecule has 2 aromatic rings. The number of benzene rings is 2. The summed E-state index contributed by atoms with van der Waals surface area (Å²) in [7, 11) is 0. The van der Waals surface area contributed by atoms with Crippen molar-refractivity contribution in [1.29, 1.82) is 0 Å². The van der Waals surface area contributed by atoms with Crippen molar-refractivity contribution < 1.29 is 0 Å². The van der Waals surface area contributed by atoms with E-state index in [2.05, 4.69) is 98.1 Å². The van der Waals surface area contributed by atoms with Crippen LogP contribution in [0.25, 0.3) is 12.2 Å². The Morgan fingerprint density at radius 1 is 0.720 bits per heavy atom. The first kappa shape index (κ1) is 16.6. The first-order valence-electron chi connectivity index (χ1n) is 9.02. The van der Waals surface area contributed by atoms with Crippen LogP contribution in [0.2, 0.25) is 0 Å². The van der Waals surface area contributed by atoms with E-state index < -0.39 is 20.4 Å². The standard InChI is InChI=1S/2C12H11.Mg/c2*1-2-5-10-8-9-11-6-3-4-7-12(10)11;/h2*2-4,6-9H,1,5H2;. The minimum absolute atomic E-state index is 0.142. The molecule has 0 aliphatic heterocycles. The summed E-state index contributed by atoms with van der Waals surface area (Å²) in [6.45, 7) is 8.16. The molecule has 0 saturated carbocycles. The lowest BCUT2D eigenvalue weighted by Crippen LogP contribution is -2.43. The fourth-order valence-corrected chi connectivity index (χ4v) is 8.08. The number of fused-ring (bicyclic) bond motifs is 2. The zero-order valence-electron chi connectivity index (χ0n) is 14.6. The third kappa shape index (κ3) is 2.66. The molecule has 2 aliphatic rings. The lowest BCUT2D eigenvalue weighted by molar-refractivity contribution is 0.689. The van der Waals surface area contributed by atoms with Crippen molar-refractivity contribution in [1.82, 2.24) is 0 Å². The van der Waals surface area contributed by atoms with Gasteiger partial charge in [-0.2, -0.15) is 0 Å². The highest BCUT2D eigenvalue weighted by Gasteiger charge is 2.46. The predicted molar refractivity (Wildman–Crippen MR) is 110 cm³/mol. The summed E-state index contributed by atoms with van der Waals surface area (Å²) in [5.74, 6) is 0. The van der Waals surface area contributed by atoms with Crippen LogP contribution in [0.5, 0.6) is 0 Å². The van der Waals surface area contributed by atoms with Gasteiger partial charge in [-0.15, -0.1) is 13.2 Å². The van der Waals surface area contributed by atoms with E-state index in [-0.39, 0.29) is 7.09 Å². The van der Waals surface area contributed by atoms with Crippen LogP contribution in [-0.4, -0.2) is 20.4 Å². The third-order valence-electron chi connectivity index (χ3n) is 5.81. The topological polar surface area (TPSA) is 0 Å². The van der Waals surface area contributed by atoms with Gasteiger partial charge in [0.05, 0.1) is 0 Å². The minimum Gasteiger partial charge on any atom is -0.103 e. The van der Waals surface area contributed by atoms with Crippen LogP contribution in [0.3, 0.4) is 0 Å². The van der Waals surface area contributed by atoms with Crippen molar-refractivity contribution in [3.63, 3.8) is 0 Å². The second-order valence-electron chi connectivity index (χ2n) is 7.32. The van der Waals surface area contributed by atoms with Crippen molar-refractivity contribution in [2.24, 2.45) is 0 Å². The molecule has 0 bridgehead atoms. The zero-order chi connectivity index (χ0) is 17.3. The normalized spacial score (nSPS) is 25.3. The predicted octanol–water partition coefficient (Wildman–Crippen LogP) is 5.69. The molecule has 0 spiro atoms. The van der Waals surface area contributed by atoms with E-state index >= 15 is 0 Å². The molecule has 0 heterocycles. The lowest BCUT2D eigenvalue weighted by atomic mass is 9.94. The number of hydrogen-bond donors (Lipinski definition) is 0. The minimum atomic E-state index is -0.605. The SMILES string of the molecule is C=CC[C]1([Mg][C]2(CC=C)C=Cc3ccccc32)C=Cc2ccccc21. The van der Waals surface area contributed by atoms with E-state index in [1.165, 1.54) is 22.3 Å². The van der Waals surface area contributed by atoms with Gasteiger partial charge in [0.1, 0.15) is 0 Å². The van der Waals surface area contributed by atoms with E-state index in [9.17, 15) is 0 Å². The Hall–Kier alpha value is -1.83. The van der Waals surface area contributed by atoms with Gasteiger partial charge in [0.2, 0.25) is 0 Å². The maximum atomic E-state index is 4.08. The van der Waals surface area contributed by atoms with Gasteiger partial charge >= 0.3 is 20.4 Å². The molecule has 0 fully saturated rings. The van der Waals surface area contributed by atoms with Crippen LogP contribution in [-0.2, 0) is 7.09 Å². The van der Waals surface area contributed by atoms with E-state index in [1.807, 2.05) is 0 Å². The Morgan fingerprint density at radius 3 is 1.60 bits per heavy atom. The van der Waals surface area contributed by atoms with Crippen molar-refractivity contribution in [2.75, 3.05) is 0 Å². The summed E-state index contributed by atoms with van der Waals surface area (Å²) in [5, 5.41) is 0. The van der Waals surface area contributed by atoms with E-state index in [0.29, 0.717) is 0 Å². The molecule has 2 aliphatic carbocycles. The summed E-state index contributed by atoms with van der Waals surface area (Å²) in [5.41, 5.74) is 5.73. The molecule has 120 valence electrons. The highest BCUT2D eigenvalue weighted by Crippen LogP contribution is 2.47. The molecule has 2 atom stereocenters. The number of rotatable bonds is 6. The lowest BCUT2D eigenvalue weighted by Gasteiger charge is -2.38. The molecule has 0 amide bonds. The van der Waals surface area contributed by atoms with E-state index in [0.717, 1.165) is 12.8 Å². The first-order valence-corrected chi connectivity index (χ1v) is 10.4. The zero-order valence-corrected chi connectivity index (χ0v) is 16.0. The van der Waals surface area contributed by atoms with Gasteiger partial charge in [-0.1, -0.05) is 103 Å². The van der Waals surface area contributed by atoms with Crippen molar-refractivity contribution >= 4 is 32.5 Å². The van der Waals surface area contributed by atoms with Crippen molar-refractivity contribution in [3.8, 4) is 0 Å². The average molecular weight is 335 g/mol. The Labute approximate surface area is 160 Å². The molecule has 0 radical (unpaired) electrons. The van der Waals surface area contributed by atoms with Crippen LogP contribution in [0.4, 0.5) is 0 Å². The molecule has 0 nitrogen and oxygen atoms in total. The van der Waals surface area contributed by atoms with Crippen LogP contribution in [0.1, 0.15) is 35.1 Å². The second kappa shape index (κ2) is 6.47. The molecule has 2 unspecified atom stereocenters. The summed E-state index contributed by atoms with van der Waals surface area (Å²) >= 11 is -0.605. The smallest absolute Gasteiger partial charge is 0.103 e. The first-order chi connectivity index (χ1) is 12.2. The van der Waals surface area contributed by atoms with Crippen LogP contribution >= 0.6 is 0 Å². The molecule has 0 aromatic heterocycles. The summed E-state index contributed by atoms with van der Waals surface area (Å²) in [4.78, 5) is 0. The van der Waals surface area contributed by atoms with Gasteiger partial charge < -0.3 is 0 Å². The second-order valence-corrected chi connectivity index (χ2v) is 10.2. The third-order valence-corrected chi connectivity index (χ3v) is 8.88. The van der Waals surface area contributed by atoms with Crippen molar-refractivity contribution in [2.45, 2.75) is 19.9 Å². The Kier molecular flexibility index (Phi) is 4.30. The number of hydrogen-bond acceptors (Lipinski definition) is 0. The highest BCUT2D eigenvalue weighted by molar-refractivity contribution is 6.47. The number of allylic oxidation sites excluding steroid dienone is 4. The van der Waals surface area contributed by atoms with Crippen molar-refractivity contribution in [3.05, 3.63) is 108 Å². The van der Waals surface area contributed by atoms with E-state index in [4.69, 9.17) is 0 Å². The molecule has 0 saturated heterocycles. The molecule has 4 rings (SSSR count). The van der Waals surface area contributed by atoms with Gasteiger partial charge in [-0.25, -0.2) is 0 Å². The van der Waals surface area contributed by atoms with Gasteiger partial charge in [-0.3, -0.25) is 0 Å². The molecule has 2 aromatic carbocycles. The van der Waals surface area contributed by atoms with Gasteiger partial charge in [0, 0.05) is 0 Å². The fourth-order valence-electron chi connectivity index (χ4n) is 4.76. The highest BCUT2D eigenvalue weighted by atomic mass is 24.5. The molecular formula is C24H22Mg. The fraction of sp³-hybridized carbons (Fsp3) is 0.167. The Morgan fingerprint density at radius 2 is 1.16 bits per heavy atom. The van der Waals surface area contributed by atoms with Gasteiger partial charge in [0.15, 0.2) is 0 Å². The maximum Gasteiger partial charge on any atom is 0.410 e. The van der Waals surface area contributed by atoms with E-state index in [1.54, 1.807) is 0 Å². The van der Waals surface area contributed by atoms with Gasteiger partial charge in [-0.05, 0) is 24.0 Å². The molecular weight excluding hydrogens is 313 g/mol. The Balaban J connectivity index is 1.83. The molecule has 1 heteroatoms.